The third kappa shape index (κ3) is 5.18. The van der Waals surface area contributed by atoms with Crippen LogP contribution in [-0.4, -0.2) is 26.5 Å². The molecule has 166 valence electrons. The SMILES string of the molecule is CC(=O)Nc1cccc(C(C)NC(=O)c2ccc(Cn3nc(C)c([N+](=O)[O-])c3C)cc2)c1. The van der Waals surface area contributed by atoms with Crippen LogP contribution in [0.5, 0.6) is 0 Å². The van der Waals surface area contributed by atoms with Crippen molar-refractivity contribution in [3.8, 4) is 0 Å². The number of carbonyl (C=O) groups is 2. The van der Waals surface area contributed by atoms with Gasteiger partial charge < -0.3 is 10.6 Å². The van der Waals surface area contributed by atoms with E-state index >= 15 is 0 Å². The second-order valence-electron chi connectivity index (χ2n) is 7.63. The van der Waals surface area contributed by atoms with Gasteiger partial charge in [0.15, 0.2) is 0 Å². The van der Waals surface area contributed by atoms with Gasteiger partial charge in [0.1, 0.15) is 11.4 Å². The zero-order chi connectivity index (χ0) is 23.4. The molecule has 0 aliphatic rings. The van der Waals surface area contributed by atoms with Crippen molar-refractivity contribution in [2.45, 2.75) is 40.3 Å². The molecule has 9 nitrogen and oxygen atoms in total. The Morgan fingerprint density at radius 3 is 2.44 bits per heavy atom. The first-order valence-electron chi connectivity index (χ1n) is 10.1. The fraction of sp³-hybridized carbons (Fsp3) is 0.261. The molecule has 1 aromatic heterocycles. The molecular formula is C23H25N5O4. The summed E-state index contributed by atoms with van der Waals surface area (Å²) in [6.07, 6.45) is 0. The van der Waals surface area contributed by atoms with Crippen molar-refractivity contribution in [3.05, 3.63) is 86.7 Å². The first-order chi connectivity index (χ1) is 15.2. The summed E-state index contributed by atoms with van der Waals surface area (Å²) in [5.74, 6) is -0.385. The largest absolute Gasteiger partial charge is 0.346 e. The predicted molar refractivity (Wildman–Crippen MR) is 121 cm³/mol. The molecule has 0 spiro atoms. The number of nitro groups is 1. The number of carbonyl (C=O) groups excluding carboxylic acids is 2. The van der Waals surface area contributed by atoms with Gasteiger partial charge in [-0.3, -0.25) is 24.4 Å². The van der Waals surface area contributed by atoms with Gasteiger partial charge in [0.25, 0.3) is 5.91 Å². The Bertz CT molecular complexity index is 1170. The monoisotopic (exact) mass is 435 g/mol. The minimum atomic E-state index is -0.422. The number of amides is 2. The molecule has 1 unspecified atom stereocenters. The third-order valence-electron chi connectivity index (χ3n) is 5.13. The minimum absolute atomic E-state index is 0.0255. The average Bonchev–Trinajstić information content (AvgIpc) is 3.01. The molecule has 0 aliphatic heterocycles. The van der Waals surface area contributed by atoms with Crippen molar-refractivity contribution in [1.82, 2.24) is 15.1 Å². The molecule has 2 aromatic carbocycles. The van der Waals surface area contributed by atoms with Gasteiger partial charge in [-0.15, -0.1) is 0 Å². The summed E-state index contributed by atoms with van der Waals surface area (Å²) in [4.78, 5) is 34.7. The molecule has 0 bridgehead atoms. The number of nitrogens with zero attached hydrogens (tertiary/aromatic N) is 3. The number of nitrogens with one attached hydrogen (secondary N) is 2. The fourth-order valence-corrected chi connectivity index (χ4v) is 3.49. The number of anilines is 1. The summed E-state index contributed by atoms with van der Waals surface area (Å²) in [5, 5.41) is 21.1. The number of aromatic nitrogens is 2. The Kier molecular flexibility index (Phi) is 6.67. The quantitative estimate of drug-likeness (QED) is 0.431. The van der Waals surface area contributed by atoms with Gasteiger partial charge in [-0.2, -0.15) is 5.10 Å². The van der Waals surface area contributed by atoms with E-state index in [2.05, 4.69) is 15.7 Å². The van der Waals surface area contributed by atoms with Crippen LogP contribution >= 0.6 is 0 Å². The minimum Gasteiger partial charge on any atom is -0.346 e. The van der Waals surface area contributed by atoms with E-state index in [0.717, 1.165) is 11.1 Å². The van der Waals surface area contributed by atoms with Gasteiger partial charge in [-0.05, 0) is 56.2 Å². The highest BCUT2D eigenvalue weighted by Crippen LogP contribution is 2.23. The zero-order valence-electron chi connectivity index (χ0n) is 18.4. The van der Waals surface area contributed by atoms with Crippen LogP contribution in [0.2, 0.25) is 0 Å². The third-order valence-corrected chi connectivity index (χ3v) is 5.13. The van der Waals surface area contributed by atoms with Crippen molar-refractivity contribution >= 4 is 23.2 Å². The second kappa shape index (κ2) is 9.42. The Morgan fingerprint density at radius 1 is 1.16 bits per heavy atom. The summed E-state index contributed by atoms with van der Waals surface area (Å²) in [7, 11) is 0. The molecule has 9 heteroatoms. The van der Waals surface area contributed by atoms with Crippen LogP contribution in [0, 0.1) is 24.0 Å². The van der Waals surface area contributed by atoms with Crippen LogP contribution in [0.25, 0.3) is 0 Å². The Morgan fingerprint density at radius 2 is 1.84 bits per heavy atom. The van der Waals surface area contributed by atoms with Gasteiger partial charge in [-0.25, -0.2) is 0 Å². The number of aryl methyl sites for hydroxylation is 1. The molecule has 0 aliphatic carbocycles. The smallest absolute Gasteiger partial charge is 0.312 e. The molecule has 32 heavy (non-hydrogen) atoms. The van der Waals surface area contributed by atoms with Crippen molar-refractivity contribution in [1.29, 1.82) is 0 Å². The van der Waals surface area contributed by atoms with E-state index < -0.39 is 4.92 Å². The maximum absolute atomic E-state index is 12.7. The summed E-state index contributed by atoms with van der Waals surface area (Å²) < 4.78 is 1.59. The molecule has 2 amide bonds. The van der Waals surface area contributed by atoms with Crippen LogP contribution in [0.3, 0.4) is 0 Å². The standard InChI is InChI=1S/C23H25N5O4/c1-14(20-6-5-7-21(12-20)25-17(4)29)24-23(30)19-10-8-18(9-11-19)13-27-16(3)22(28(31)32)15(2)26-27/h5-12,14H,13H2,1-4H3,(H,24,30)(H,25,29). The Labute approximate surface area is 185 Å². The molecule has 3 aromatic rings. The van der Waals surface area contributed by atoms with Gasteiger partial charge in [0, 0.05) is 18.2 Å². The van der Waals surface area contributed by atoms with E-state index in [-0.39, 0.29) is 23.5 Å². The van der Waals surface area contributed by atoms with E-state index in [1.54, 1.807) is 48.9 Å². The van der Waals surface area contributed by atoms with Crippen LogP contribution in [0.4, 0.5) is 11.4 Å². The first kappa shape index (κ1) is 22.7. The number of hydrogen-bond acceptors (Lipinski definition) is 5. The number of benzene rings is 2. The van der Waals surface area contributed by atoms with Crippen LogP contribution < -0.4 is 10.6 Å². The summed E-state index contributed by atoms with van der Waals surface area (Å²) >= 11 is 0. The summed E-state index contributed by atoms with van der Waals surface area (Å²) in [6, 6.07) is 14.1. The Hall–Kier alpha value is -4.01. The molecule has 0 saturated heterocycles. The molecule has 3 rings (SSSR count). The summed E-state index contributed by atoms with van der Waals surface area (Å²) in [6.45, 7) is 6.96. The Balaban J connectivity index is 1.67. The zero-order valence-corrected chi connectivity index (χ0v) is 18.4. The van der Waals surface area contributed by atoms with Crippen molar-refractivity contribution in [3.63, 3.8) is 0 Å². The van der Waals surface area contributed by atoms with Crippen molar-refractivity contribution < 1.29 is 14.5 Å². The maximum Gasteiger partial charge on any atom is 0.312 e. The molecule has 1 heterocycles. The van der Waals surface area contributed by atoms with Gasteiger partial charge in [0.2, 0.25) is 5.91 Å². The summed E-state index contributed by atoms with van der Waals surface area (Å²) in [5.41, 5.74) is 3.80. The normalized spacial score (nSPS) is 11.6. The van der Waals surface area contributed by atoms with Gasteiger partial charge in [-0.1, -0.05) is 24.3 Å². The van der Waals surface area contributed by atoms with Crippen molar-refractivity contribution in [2.75, 3.05) is 5.32 Å². The molecular weight excluding hydrogens is 410 g/mol. The molecule has 0 saturated carbocycles. The molecule has 1 atom stereocenters. The van der Waals surface area contributed by atoms with Crippen LogP contribution in [-0.2, 0) is 11.3 Å². The van der Waals surface area contributed by atoms with Gasteiger partial charge in [0.05, 0.1) is 17.5 Å². The second-order valence-corrected chi connectivity index (χ2v) is 7.63. The van der Waals surface area contributed by atoms with E-state index in [4.69, 9.17) is 0 Å². The molecule has 2 N–H and O–H groups in total. The van der Waals surface area contributed by atoms with E-state index in [1.807, 2.05) is 25.1 Å². The van der Waals surface area contributed by atoms with E-state index in [1.165, 1.54) is 6.92 Å². The maximum atomic E-state index is 12.7. The fourth-order valence-electron chi connectivity index (χ4n) is 3.49. The highest BCUT2D eigenvalue weighted by Gasteiger charge is 2.21. The molecule has 0 fully saturated rings. The number of hydrogen-bond donors (Lipinski definition) is 2. The lowest BCUT2D eigenvalue weighted by molar-refractivity contribution is -0.386. The molecule has 0 radical (unpaired) electrons. The highest BCUT2D eigenvalue weighted by atomic mass is 16.6. The van der Waals surface area contributed by atoms with Crippen molar-refractivity contribution in [2.24, 2.45) is 0 Å². The van der Waals surface area contributed by atoms with Crippen LogP contribution in [0.1, 0.15) is 52.8 Å². The predicted octanol–water partition coefficient (Wildman–Crippen LogP) is 3.91. The number of rotatable bonds is 7. The first-order valence-corrected chi connectivity index (χ1v) is 10.1. The van der Waals surface area contributed by atoms with E-state index in [9.17, 15) is 19.7 Å². The van der Waals surface area contributed by atoms with Crippen LogP contribution in [0.15, 0.2) is 48.5 Å². The highest BCUT2D eigenvalue weighted by molar-refractivity contribution is 5.94. The lowest BCUT2D eigenvalue weighted by Crippen LogP contribution is -2.26. The van der Waals surface area contributed by atoms with Gasteiger partial charge >= 0.3 is 5.69 Å². The van der Waals surface area contributed by atoms with E-state index in [0.29, 0.717) is 29.2 Å². The topological polar surface area (TPSA) is 119 Å². The lowest BCUT2D eigenvalue weighted by Gasteiger charge is -2.16. The average molecular weight is 435 g/mol. The lowest BCUT2D eigenvalue weighted by atomic mass is 10.1.